The molecule has 3 aromatic carbocycles. The van der Waals surface area contributed by atoms with Crippen LogP contribution < -0.4 is 4.74 Å². The van der Waals surface area contributed by atoms with Crippen molar-refractivity contribution in [1.29, 1.82) is 0 Å². The van der Waals surface area contributed by atoms with Gasteiger partial charge in [-0.3, -0.25) is 0 Å². The zero-order chi connectivity index (χ0) is 22.7. The molecule has 168 valence electrons. The lowest BCUT2D eigenvalue weighted by atomic mass is 10.0. The monoisotopic (exact) mass is 444 g/mol. The van der Waals surface area contributed by atoms with Gasteiger partial charge in [0.25, 0.3) is 0 Å². The number of halogens is 3. The van der Waals surface area contributed by atoms with Crippen molar-refractivity contribution in [1.82, 2.24) is 0 Å². The molecule has 32 heavy (non-hydrogen) atoms. The molecule has 2 N–H and O–H groups in total. The van der Waals surface area contributed by atoms with Crippen LogP contribution in [0.15, 0.2) is 60.7 Å². The predicted molar refractivity (Wildman–Crippen MR) is 116 cm³/mol. The fourth-order valence-electron chi connectivity index (χ4n) is 3.72. The third-order valence-corrected chi connectivity index (χ3v) is 5.38. The van der Waals surface area contributed by atoms with Crippen molar-refractivity contribution in [3.8, 4) is 5.75 Å². The van der Waals surface area contributed by atoms with E-state index in [4.69, 9.17) is 9.47 Å². The fraction of sp³-hybridized carbons (Fsp3) is 0.280. The van der Waals surface area contributed by atoms with Crippen molar-refractivity contribution in [3.63, 3.8) is 0 Å². The Labute approximate surface area is 183 Å². The Bertz CT molecular complexity index is 1090. The SMILES string of the molecule is OC[C@@H]1C[C@H](O)C[C@H](Oc2cc3ccccc3cc2/C=C/c2ccc(C(F)(F)F)cc2)O1. The minimum atomic E-state index is -4.38. The Kier molecular flexibility index (Phi) is 6.50. The van der Waals surface area contributed by atoms with Gasteiger partial charge in [-0.05, 0) is 40.6 Å². The van der Waals surface area contributed by atoms with E-state index in [-0.39, 0.29) is 13.0 Å². The second-order valence-electron chi connectivity index (χ2n) is 7.80. The van der Waals surface area contributed by atoms with Gasteiger partial charge in [0.15, 0.2) is 0 Å². The molecule has 0 radical (unpaired) electrons. The molecule has 4 rings (SSSR count). The average Bonchev–Trinajstić information content (AvgIpc) is 2.77. The molecular weight excluding hydrogens is 421 g/mol. The predicted octanol–water partition coefficient (Wildman–Crippen LogP) is 5.27. The number of hydrogen-bond acceptors (Lipinski definition) is 4. The lowest BCUT2D eigenvalue weighted by Crippen LogP contribution is -2.40. The number of fused-ring (bicyclic) bond motifs is 1. The number of hydrogen-bond donors (Lipinski definition) is 2. The molecule has 3 aromatic rings. The molecule has 0 spiro atoms. The molecule has 1 saturated heterocycles. The van der Waals surface area contributed by atoms with Crippen molar-refractivity contribution in [3.05, 3.63) is 77.4 Å². The summed E-state index contributed by atoms with van der Waals surface area (Å²) in [7, 11) is 0. The molecule has 7 heteroatoms. The van der Waals surface area contributed by atoms with E-state index in [1.165, 1.54) is 12.1 Å². The van der Waals surface area contributed by atoms with E-state index in [1.54, 1.807) is 12.2 Å². The van der Waals surface area contributed by atoms with Crippen LogP contribution in [0, 0.1) is 0 Å². The van der Waals surface area contributed by atoms with Crippen LogP contribution >= 0.6 is 0 Å². The van der Waals surface area contributed by atoms with Crippen LogP contribution in [0.2, 0.25) is 0 Å². The highest BCUT2D eigenvalue weighted by atomic mass is 19.4. The highest BCUT2D eigenvalue weighted by Gasteiger charge is 2.30. The third kappa shape index (κ3) is 5.30. The Hall–Kier alpha value is -2.87. The topological polar surface area (TPSA) is 58.9 Å². The van der Waals surface area contributed by atoms with Gasteiger partial charge in [0.1, 0.15) is 5.75 Å². The number of rotatable bonds is 5. The van der Waals surface area contributed by atoms with E-state index >= 15 is 0 Å². The Morgan fingerprint density at radius 2 is 1.66 bits per heavy atom. The van der Waals surface area contributed by atoms with Crippen LogP contribution in [0.25, 0.3) is 22.9 Å². The van der Waals surface area contributed by atoms with Gasteiger partial charge in [0.2, 0.25) is 6.29 Å². The first-order valence-corrected chi connectivity index (χ1v) is 10.3. The Balaban J connectivity index is 1.63. The summed E-state index contributed by atoms with van der Waals surface area (Å²) < 4.78 is 50.2. The Morgan fingerprint density at radius 1 is 0.969 bits per heavy atom. The zero-order valence-corrected chi connectivity index (χ0v) is 17.1. The van der Waals surface area contributed by atoms with Gasteiger partial charge in [-0.25, -0.2) is 0 Å². The summed E-state index contributed by atoms with van der Waals surface area (Å²) in [6, 6.07) is 16.4. The molecule has 1 heterocycles. The molecule has 0 bridgehead atoms. The number of ether oxygens (including phenoxy) is 2. The van der Waals surface area contributed by atoms with E-state index in [1.807, 2.05) is 36.4 Å². The molecule has 1 aliphatic rings. The van der Waals surface area contributed by atoms with E-state index < -0.39 is 30.2 Å². The average molecular weight is 444 g/mol. The minimum Gasteiger partial charge on any atom is -0.464 e. The van der Waals surface area contributed by atoms with Crippen LogP contribution in [-0.4, -0.2) is 35.3 Å². The van der Waals surface area contributed by atoms with Crippen molar-refractivity contribution < 1.29 is 32.9 Å². The first-order chi connectivity index (χ1) is 15.3. The lowest BCUT2D eigenvalue weighted by Gasteiger charge is -2.32. The van der Waals surface area contributed by atoms with Crippen molar-refractivity contribution >= 4 is 22.9 Å². The second-order valence-corrected chi connectivity index (χ2v) is 7.80. The first kappa shape index (κ1) is 22.3. The number of benzene rings is 3. The normalized spacial score (nSPS) is 21.8. The van der Waals surface area contributed by atoms with Crippen LogP contribution in [0.1, 0.15) is 29.5 Å². The van der Waals surface area contributed by atoms with Crippen LogP contribution in [0.5, 0.6) is 5.75 Å². The summed E-state index contributed by atoms with van der Waals surface area (Å²) in [4.78, 5) is 0. The van der Waals surface area contributed by atoms with E-state index in [2.05, 4.69) is 0 Å². The third-order valence-electron chi connectivity index (χ3n) is 5.38. The maximum atomic E-state index is 12.8. The zero-order valence-electron chi connectivity index (χ0n) is 17.1. The number of aliphatic hydroxyl groups is 2. The molecule has 0 saturated carbocycles. The molecule has 0 amide bonds. The number of alkyl halides is 3. The number of aliphatic hydroxyl groups excluding tert-OH is 2. The van der Waals surface area contributed by atoms with Gasteiger partial charge in [-0.1, -0.05) is 48.6 Å². The standard InChI is InChI=1S/C25H23F3O4/c26-25(27,28)20-9-6-16(7-10-20)5-8-19-11-17-3-1-2-4-18(17)12-23(19)32-24-14-21(30)13-22(15-29)31-24/h1-12,21-22,24,29-30H,13-15H2/b8-5+/t21-,22-,24-/m0/s1. The van der Waals surface area contributed by atoms with Crippen molar-refractivity contribution in [2.75, 3.05) is 6.61 Å². The van der Waals surface area contributed by atoms with Gasteiger partial charge in [0, 0.05) is 18.4 Å². The molecule has 1 fully saturated rings. The summed E-state index contributed by atoms with van der Waals surface area (Å²) in [6.07, 6.45) is -2.15. The fourth-order valence-corrected chi connectivity index (χ4v) is 3.72. The molecule has 1 aliphatic heterocycles. The molecule has 0 aromatic heterocycles. The highest BCUT2D eigenvalue weighted by molar-refractivity contribution is 5.88. The quantitative estimate of drug-likeness (QED) is 0.527. The largest absolute Gasteiger partial charge is 0.464 e. The van der Waals surface area contributed by atoms with Crippen LogP contribution in [0.4, 0.5) is 13.2 Å². The molecule has 3 atom stereocenters. The second kappa shape index (κ2) is 9.32. The van der Waals surface area contributed by atoms with Gasteiger partial charge in [-0.15, -0.1) is 0 Å². The summed E-state index contributed by atoms with van der Waals surface area (Å²) >= 11 is 0. The van der Waals surface area contributed by atoms with Gasteiger partial charge in [0.05, 0.1) is 24.4 Å². The van der Waals surface area contributed by atoms with E-state index in [0.717, 1.165) is 22.9 Å². The van der Waals surface area contributed by atoms with Crippen LogP contribution in [0.3, 0.4) is 0 Å². The van der Waals surface area contributed by atoms with Gasteiger partial charge < -0.3 is 19.7 Å². The minimum absolute atomic E-state index is 0.213. The van der Waals surface area contributed by atoms with Crippen molar-refractivity contribution in [2.24, 2.45) is 0 Å². The summed E-state index contributed by atoms with van der Waals surface area (Å²) in [5, 5.41) is 21.4. The van der Waals surface area contributed by atoms with Gasteiger partial charge >= 0.3 is 6.18 Å². The molecule has 4 nitrogen and oxygen atoms in total. The summed E-state index contributed by atoms with van der Waals surface area (Å²) in [6.45, 7) is -0.213. The first-order valence-electron chi connectivity index (χ1n) is 10.3. The van der Waals surface area contributed by atoms with E-state index in [0.29, 0.717) is 23.3 Å². The van der Waals surface area contributed by atoms with Crippen molar-refractivity contribution in [2.45, 2.75) is 37.5 Å². The van der Waals surface area contributed by atoms with E-state index in [9.17, 15) is 23.4 Å². The smallest absolute Gasteiger partial charge is 0.416 e. The molecule has 0 aliphatic carbocycles. The van der Waals surface area contributed by atoms with Crippen LogP contribution in [-0.2, 0) is 10.9 Å². The maximum absolute atomic E-state index is 12.8. The molecule has 0 unspecified atom stereocenters. The highest BCUT2D eigenvalue weighted by Crippen LogP contribution is 2.32. The Morgan fingerprint density at radius 3 is 2.31 bits per heavy atom. The molecular formula is C25H23F3O4. The maximum Gasteiger partial charge on any atom is 0.416 e. The summed E-state index contributed by atoms with van der Waals surface area (Å²) in [5.41, 5.74) is 0.630. The van der Waals surface area contributed by atoms with Gasteiger partial charge in [-0.2, -0.15) is 13.2 Å². The lowest BCUT2D eigenvalue weighted by molar-refractivity contribution is -0.184. The summed E-state index contributed by atoms with van der Waals surface area (Å²) in [5.74, 6) is 0.516.